The average Bonchev–Trinajstić information content (AvgIpc) is 2.54. The van der Waals surface area contributed by atoms with Crippen molar-refractivity contribution in [3.63, 3.8) is 0 Å². The van der Waals surface area contributed by atoms with Gasteiger partial charge in [0.2, 0.25) is 0 Å². The normalized spacial score (nSPS) is 13.7. The highest BCUT2D eigenvalue weighted by molar-refractivity contribution is 7.85. The Hall–Kier alpha value is -1.72. The van der Waals surface area contributed by atoms with Crippen LogP contribution in [-0.4, -0.2) is 13.0 Å². The maximum absolute atomic E-state index is 10.4. The molecular weight excluding hydrogens is 310 g/mol. The number of benzene rings is 1. The lowest BCUT2D eigenvalue weighted by Gasteiger charge is -2.12. The van der Waals surface area contributed by atoms with E-state index in [0.29, 0.717) is 0 Å². The summed E-state index contributed by atoms with van der Waals surface area (Å²) in [5.41, 5.74) is 4.08. The van der Waals surface area contributed by atoms with Crippen molar-refractivity contribution in [2.75, 3.05) is 0 Å². The maximum atomic E-state index is 10.4. The molecule has 0 atom stereocenters. The largest absolute Gasteiger partial charge is 0.744 e. The van der Waals surface area contributed by atoms with Gasteiger partial charge in [-0.3, -0.25) is 0 Å². The molecule has 5 heteroatoms. The van der Waals surface area contributed by atoms with E-state index in [1.165, 1.54) is 37.8 Å². The van der Waals surface area contributed by atoms with E-state index in [1.54, 1.807) is 23.4 Å². The van der Waals surface area contributed by atoms with Crippen molar-refractivity contribution < 1.29 is 17.5 Å². The summed E-state index contributed by atoms with van der Waals surface area (Å²) in [6, 6.07) is 10.2. The van der Waals surface area contributed by atoms with Gasteiger partial charge >= 0.3 is 0 Å². The molecule has 1 aliphatic rings. The van der Waals surface area contributed by atoms with Gasteiger partial charge in [-0.05, 0) is 51.3 Å². The molecule has 124 valence electrons. The molecule has 2 aromatic rings. The zero-order valence-corrected chi connectivity index (χ0v) is 14.5. The molecule has 0 radical (unpaired) electrons. The topological polar surface area (TPSA) is 61.1 Å². The van der Waals surface area contributed by atoms with Gasteiger partial charge in [0.15, 0.2) is 11.9 Å². The highest BCUT2D eigenvalue weighted by Crippen LogP contribution is 2.17. The number of aryl methyl sites for hydroxylation is 3. The Balaban J connectivity index is 0.000000168. The fraction of sp³-hybridized carbons (Fsp3) is 0.389. The molecule has 4 nitrogen and oxygen atoms in total. The second-order valence-corrected chi connectivity index (χ2v) is 7.12. The molecule has 0 saturated heterocycles. The van der Waals surface area contributed by atoms with Gasteiger partial charge in [0, 0.05) is 18.1 Å². The zero-order chi connectivity index (χ0) is 16.9. The number of nitrogens with zero attached hydrogens (tertiary/aromatic N) is 1. The SMILES string of the molecule is CC[n+]1cccc2c1CCCC2.Cc1ccc(S(=O)(=O)[O-])cc1. The molecule has 1 aliphatic carbocycles. The van der Waals surface area contributed by atoms with Crippen molar-refractivity contribution >= 4 is 10.1 Å². The summed E-state index contributed by atoms with van der Waals surface area (Å²) >= 11 is 0. The predicted molar refractivity (Wildman–Crippen MR) is 88.1 cm³/mol. The third-order valence-electron chi connectivity index (χ3n) is 4.04. The quantitative estimate of drug-likeness (QED) is 0.627. The highest BCUT2D eigenvalue weighted by atomic mass is 32.2. The lowest BCUT2D eigenvalue weighted by atomic mass is 9.96. The van der Waals surface area contributed by atoms with Crippen molar-refractivity contribution in [3.05, 3.63) is 59.4 Å². The first-order valence-corrected chi connectivity index (χ1v) is 9.35. The number of aromatic nitrogens is 1. The second-order valence-electron chi connectivity index (χ2n) is 5.74. The van der Waals surface area contributed by atoms with Crippen LogP contribution in [0.5, 0.6) is 0 Å². The first kappa shape index (κ1) is 17.6. The van der Waals surface area contributed by atoms with Crippen LogP contribution < -0.4 is 4.57 Å². The van der Waals surface area contributed by atoms with Crippen LogP contribution in [0.4, 0.5) is 0 Å². The molecule has 0 amide bonds. The number of pyridine rings is 1. The predicted octanol–water partition coefficient (Wildman–Crippen LogP) is 2.77. The van der Waals surface area contributed by atoms with E-state index in [2.05, 4.69) is 29.8 Å². The molecule has 0 aliphatic heterocycles. The van der Waals surface area contributed by atoms with Gasteiger partial charge in [0.25, 0.3) is 0 Å². The van der Waals surface area contributed by atoms with Gasteiger partial charge in [0.05, 0.1) is 4.90 Å². The van der Waals surface area contributed by atoms with Gasteiger partial charge in [-0.2, -0.15) is 0 Å². The molecule has 1 aromatic carbocycles. The van der Waals surface area contributed by atoms with Crippen LogP contribution >= 0.6 is 0 Å². The van der Waals surface area contributed by atoms with E-state index in [9.17, 15) is 13.0 Å². The monoisotopic (exact) mass is 333 g/mol. The van der Waals surface area contributed by atoms with Crippen LogP contribution in [-0.2, 0) is 29.5 Å². The van der Waals surface area contributed by atoms with E-state index in [4.69, 9.17) is 0 Å². The van der Waals surface area contributed by atoms with Crippen LogP contribution in [0, 0.1) is 6.92 Å². The minimum absolute atomic E-state index is 0.178. The van der Waals surface area contributed by atoms with Gasteiger partial charge in [-0.25, -0.2) is 13.0 Å². The van der Waals surface area contributed by atoms with Gasteiger partial charge in [-0.1, -0.05) is 17.7 Å². The molecule has 1 aromatic heterocycles. The Morgan fingerprint density at radius 1 is 1.09 bits per heavy atom. The summed E-state index contributed by atoms with van der Waals surface area (Å²) in [6.45, 7) is 5.15. The molecule has 23 heavy (non-hydrogen) atoms. The molecule has 3 rings (SSSR count). The van der Waals surface area contributed by atoms with Gasteiger partial charge in [-0.15, -0.1) is 0 Å². The molecule has 1 heterocycles. The summed E-state index contributed by atoms with van der Waals surface area (Å²) in [6.07, 6.45) is 7.52. The van der Waals surface area contributed by atoms with E-state index in [-0.39, 0.29) is 4.90 Å². The van der Waals surface area contributed by atoms with E-state index >= 15 is 0 Å². The Morgan fingerprint density at radius 2 is 1.74 bits per heavy atom. The minimum Gasteiger partial charge on any atom is -0.744 e. The van der Waals surface area contributed by atoms with Crippen LogP contribution in [0.25, 0.3) is 0 Å². The number of rotatable bonds is 2. The fourth-order valence-electron chi connectivity index (χ4n) is 2.77. The van der Waals surface area contributed by atoms with Crippen LogP contribution in [0.1, 0.15) is 36.6 Å². The Morgan fingerprint density at radius 3 is 2.35 bits per heavy atom. The van der Waals surface area contributed by atoms with Crippen molar-refractivity contribution in [1.29, 1.82) is 0 Å². The summed E-state index contributed by atoms with van der Waals surface area (Å²) in [5, 5.41) is 0. The smallest absolute Gasteiger partial charge is 0.184 e. The molecule has 0 spiro atoms. The molecular formula is C18H23NO3S. The van der Waals surface area contributed by atoms with Gasteiger partial charge in [0.1, 0.15) is 16.7 Å². The molecule has 0 bridgehead atoms. The lowest BCUT2D eigenvalue weighted by molar-refractivity contribution is -0.701. The standard InChI is InChI=1S/C11H16N.C7H8O3S/c1-2-12-9-5-7-10-6-3-4-8-11(10)12;1-6-2-4-7(5-3-6)11(8,9)10/h5,7,9H,2-4,6,8H2,1H3;2-5H,1H3,(H,8,9,10)/q+1;/p-1. The highest BCUT2D eigenvalue weighted by Gasteiger charge is 2.17. The first-order chi connectivity index (χ1) is 10.9. The van der Waals surface area contributed by atoms with Crippen molar-refractivity contribution in [1.82, 2.24) is 0 Å². The molecule has 0 unspecified atom stereocenters. The zero-order valence-electron chi connectivity index (χ0n) is 13.7. The number of hydrogen-bond acceptors (Lipinski definition) is 3. The lowest BCUT2D eigenvalue weighted by Crippen LogP contribution is -2.38. The third kappa shape index (κ3) is 4.88. The first-order valence-electron chi connectivity index (χ1n) is 7.94. The molecule has 0 saturated carbocycles. The van der Waals surface area contributed by atoms with Gasteiger partial charge < -0.3 is 4.55 Å². The molecule has 0 N–H and O–H groups in total. The Bertz CT molecular complexity index is 738. The Kier molecular flexibility index (Phi) is 5.91. The summed E-state index contributed by atoms with van der Waals surface area (Å²) in [7, 11) is -4.27. The maximum Gasteiger partial charge on any atom is 0.184 e. The minimum atomic E-state index is -4.27. The summed E-state index contributed by atoms with van der Waals surface area (Å²) in [4.78, 5) is -0.178. The van der Waals surface area contributed by atoms with Crippen LogP contribution in [0.15, 0.2) is 47.5 Å². The average molecular weight is 333 g/mol. The number of fused-ring (bicyclic) bond motifs is 1. The Labute approximate surface area is 138 Å². The third-order valence-corrected chi connectivity index (χ3v) is 4.89. The summed E-state index contributed by atoms with van der Waals surface area (Å²) < 4.78 is 33.5. The van der Waals surface area contributed by atoms with Crippen LogP contribution in [0.3, 0.4) is 0 Å². The number of hydrogen-bond donors (Lipinski definition) is 0. The van der Waals surface area contributed by atoms with Crippen molar-refractivity contribution in [3.8, 4) is 0 Å². The summed E-state index contributed by atoms with van der Waals surface area (Å²) in [5.74, 6) is 0. The van der Waals surface area contributed by atoms with Crippen LogP contribution in [0.2, 0.25) is 0 Å². The van der Waals surface area contributed by atoms with E-state index in [1.807, 2.05) is 6.92 Å². The van der Waals surface area contributed by atoms with Crippen molar-refractivity contribution in [2.45, 2.75) is 51.0 Å². The fourth-order valence-corrected chi connectivity index (χ4v) is 3.24. The van der Waals surface area contributed by atoms with E-state index in [0.717, 1.165) is 12.1 Å². The van der Waals surface area contributed by atoms with Crippen molar-refractivity contribution in [2.24, 2.45) is 0 Å². The second kappa shape index (κ2) is 7.70. The van der Waals surface area contributed by atoms with E-state index < -0.39 is 10.1 Å². The molecule has 0 fully saturated rings.